The van der Waals surface area contributed by atoms with Gasteiger partial charge >= 0.3 is 0 Å². The molecule has 0 saturated carbocycles. The fourth-order valence-corrected chi connectivity index (χ4v) is 2.35. The van der Waals surface area contributed by atoms with E-state index >= 15 is 0 Å². The van der Waals surface area contributed by atoms with E-state index in [1.807, 2.05) is 0 Å². The molecule has 18 heavy (non-hydrogen) atoms. The quantitative estimate of drug-likeness (QED) is 0.855. The molecule has 1 rings (SSSR count). The van der Waals surface area contributed by atoms with Gasteiger partial charge in [0.2, 0.25) is 0 Å². The van der Waals surface area contributed by atoms with Crippen LogP contribution in [0.2, 0.25) is 10.0 Å². The lowest BCUT2D eigenvalue weighted by atomic mass is 9.96. The predicted molar refractivity (Wildman–Crippen MR) is 80.7 cm³/mol. The van der Waals surface area contributed by atoms with Crippen molar-refractivity contribution in [2.45, 2.75) is 38.8 Å². The monoisotopic (exact) mass is 311 g/mol. The van der Waals surface area contributed by atoms with Gasteiger partial charge in [-0.1, -0.05) is 43.1 Å². The molecule has 0 fully saturated rings. The van der Waals surface area contributed by atoms with E-state index in [4.69, 9.17) is 28.9 Å². The molecule has 0 heterocycles. The Kier molecular flexibility index (Phi) is 8.24. The molecule has 104 valence electrons. The summed E-state index contributed by atoms with van der Waals surface area (Å²) in [5.74, 6) is 0.540. The third kappa shape index (κ3) is 4.94. The van der Waals surface area contributed by atoms with Gasteiger partial charge in [0.25, 0.3) is 0 Å². The normalized spacial score (nSPS) is 14.2. The summed E-state index contributed by atoms with van der Waals surface area (Å²) in [6.07, 6.45) is 0.965. The van der Waals surface area contributed by atoms with E-state index in [1.54, 1.807) is 18.2 Å². The molecule has 3 N–H and O–H groups in total. The standard InChI is InChI=1S/C13H19Cl2NO.ClH/c1-8(2)6-7-11(17)13(16)12-9(14)4-3-5-10(12)15;/h3-5,8,11,13,17H,6-7,16H2,1-2H3;1H/t11-,13-;/m1./s1. The minimum atomic E-state index is -0.616. The smallest absolute Gasteiger partial charge is 0.0734 e. The molecule has 1 aromatic rings. The first-order chi connectivity index (χ1) is 7.93. The maximum Gasteiger partial charge on any atom is 0.0734 e. The summed E-state index contributed by atoms with van der Waals surface area (Å²) >= 11 is 12.1. The third-order valence-electron chi connectivity index (χ3n) is 2.79. The number of hydrogen-bond acceptors (Lipinski definition) is 2. The van der Waals surface area contributed by atoms with Crippen molar-refractivity contribution in [3.8, 4) is 0 Å². The summed E-state index contributed by atoms with van der Waals surface area (Å²) in [4.78, 5) is 0. The fraction of sp³-hybridized carbons (Fsp3) is 0.538. The summed E-state index contributed by atoms with van der Waals surface area (Å²) in [6.45, 7) is 4.22. The number of nitrogens with two attached hydrogens (primary N) is 1. The molecule has 0 spiro atoms. The lowest BCUT2D eigenvalue weighted by molar-refractivity contribution is 0.128. The van der Waals surface area contributed by atoms with E-state index in [0.29, 0.717) is 27.9 Å². The zero-order valence-electron chi connectivity index (χ0n) is 10.6. The molecular formula is C13H20Cl3NO. The Morgan fingerprint density at radius 2 is 1.67 bits per heavy atom. The minimum absolute atomic E-state index is 0. The molecule has 2 nitrogen and oxygen atoms in total. The first-order valence-corrected chi connectivity index (χ1v) is 6.56. The largest absolute Gasteiger partial charge is 0.391 e. The van der Waals surface area contributed by atoms with Gasteiger partial charge in [-0.05, 0) is 30.9 Å². The van der Waals surface area contributed by atoms with E-state index in [0.717, 1.165) is 6.42 Å². The van der Waals surface area contributed by atoms with Gasteiger partial charge in [0.1, 0.15) is 0 Å². The second-order valence-electron chi connectivity index (χ2n) is 4.70. The van der Waals surface area contributed by atoms with Crippen LogP contribution < -0.4 is 5.73 Å². The summed E-state index contributed by atoms with van der Waals surface area (Å²) in [5, 5.41) is 11.0. The number of aliphatic hydroxyl groups is 1. The average Bonchev–Trinajstić information content (AvgIpc) is 2.25. The third-order valence-corrected chi connectivity index (χ3v) is 3.45. The van der Waals surface area contributed by atoms with Crippen LogP contribution in [0.25, 0.3) is 0 Å². The van der Waals surface area contributed by atoms with E-state index < -0.39 is 12.1 Å². The Bertz CT molecular complexity index is 351. The van der Waals surface area contributed by atoms with Crippen molar-refractivity contribution >= 4 is 35.6 Å². The first kappa shape index (κ1) is 18.0. The lowest BCUT2D eigenvalue weighted by Crippen LogP contribution is -2.27. The Balaban J connectivity index is 0.00000289. The average molecular weight is 313 g/mol. The van der Waals surface area contributed by atoms with Crippen LogP contribution >= 0.6 is 35.6 Å². The number of hydrogen-bond donors (Lipinski definition) is 2. The van der Waals surface area contributed by atoms with Gasteiger partial charge in [-0.3, -0.25) is 0 Å². The zero-order valence-corrected chi connectivity index (χ0v) is 12.9. The molecule has 0 bridgehead atoms. The van der Waals surface area contributed by atoms with Crippen molar-refractivity contribution in [2.24, 2.45) is 11.7 Å². The van der Waals surface area contributed by atoms with Gasteiger partial charge in [0, 0.05) is 15.6 Å². The van der Waals surface area contributed by atoms with Gasteiger partial charge in [-0.2, -0.15) is 0 Å². The molecule has 0 aromatic heterocycles. The van der Waals surface area contributed by atoms with Gasteiger partial charge in [-0.25, -0.2) is 0 Å². The van der Waals surface area contributed by atoms with E-state index in [2.05, 4.69) is 13.8 Å². The van der Waals surface area contributed by atoms with Crippen molar-refractivity contribution in [1.29, 1.82) is 0 Å². The Labute approximate surface area is 125 Å². The van der Waals surface area contributed by atoms with E-state index in [-0.39, 0.29) is 12.4 Å². The van der Waals surface area contributed by atoms with Crippen LogP contribution in [0.1, 0.15) is 38.3 Å². The molecule has 0 radical (unpaired) electrons. The maximum atomic E-state index is 10.0. The number of rotatable bonds is 5. The van der Waals surface area contributed by atoms with Crippen molar-refractivity contribution < 1.29 is 5.11 Å². The van der Waals surface area contributed by atoms with Crippen LogP contribution in [0, 0.1) is 5.92 Å². The summed E-state index contributed by atoms with van der Waals surface area (Å²) < 4.78 is 0. The topological polar surface area (TPSA) is 46.2 Å². The molecule has 0 amide bonds. The Morgan fingerprint density at radius 1 is 1.17 bits per heavy atom. The number of aliphatic hydroxyl groups excluding tert-OH is 1. The second kappa shape index (κ2) is 8.23. The first-order valence-electron chi connectivity index (χ1n) is 5.81. The Hall–Kier alpha value is 0.01000. The molecule has 1 aromatic carbocycles. The number of halogens is 3. The highest BCUT2D eigenvalue weighted by Crippen LogP contribution is 2.31. The SMILES string of the molecule is CC(C)CC[C@@H](O)[C@@H](N)c1c(Cl)cccc1Cl.Cl. The van der Waals surface area contributed by atoms with Crippen LogP contribution in [0.15, 0.2) is 18.2 Å². The van der Waals surface area contributed by atoms with Crippen LogP contribution in [0.5, 0.6) is 0 Å². The molecule has 2 atom stereocenters. The van der Waals surface area contributed by atoms with Crippen molar-refractivity contribution in [1.82, 2.24) is 0 Å². The molecule has 0 aliphatic rings. The van der Waals surface area contributed by atoms with Crippen LogP contribution in [0.4, 0.5) is 0 Å². The zero-order chi connectivity index (χ0) is 13.0. The van der Waals surface area contributed by atoms with Crippen molar-refractivity contribution in [2.75, 3.05) is 0 Å². The molecule has 5 heteroatoms. The lowest BCUT2D eigenvalue weighted by Gasteiger charge is -2.22. The van der Waals surface area contributed by atoms with Gasteiger partial charge in [0.05, 0.1) is 12.1 Å². The maximum absolute atomic E-state index is 10.0. The van der Waals surface area contributed by atoms with E-state index in [9.17, 15) is 5.11 Å². The molecular weight excluding hydrogens is 293 g/mol. The van der Waals surface area contributed by atoms with Crippen LogP contribution in [-0.4, -0.2) is 11.2 Å². The molecule has 0 saturated heterocycles. The second-order valence-corrected chi connectivity index (χ2v) is 5.51. The molecule has 0 aliphatic carbocycles. The summed E-state index contributed by atoms with van der Waals surface area (Å²) in [7, 11) is 0. The van der Waals surface area contributed by atoms with Gasteiger partial charge in [-0.15, -0.1) is 12.4 Å². The van der Waals surface area contributed by atoms with E-state index in [1.165, 1.54) is 0 Å². The minimum Gasteiger partial charge on any atom is -0.391 e. The molecule has 0 unspecified atom stereocenters. The highest BCUT2D eigenvalue weighted by molar-refractivity contribution is 6.36. The van der Waals surface area contributed by atoms with Crippen molar-refractivity contribution in [3.63, 3.8) is 0 Å². The molecule has 0 aliphatic heterocycles. The predicted octanol–water partition coefficient (Wildman–Crippen LogP) is 4.21. The van der Waals surface area contributed by atoms with Gasteiger partial charge < -0.3 is 10.8 Å². The van der Waals surface area contributed by atoms with Crippen molar-refractivity contribution in [3.05, 3.63) is 33.8 Å². The number of benzene rings is 1. The highest BCUT2D eigenvalue weighted by Gasteiger charge is 2.21. The summed E-state index contributed by atoms with van der Waals surface area (Å²) in [6, 6.07) is 4.70. The van der Waals surface area contributed by atoms with Crippen LogP contribution in [-0.2, 0) is 0 Å². The van der Waals surface area contributed by atoms with Gasteiger partial charge in [0.15, 0.2) is 0 Å². The fourth-order valence-electron chi connectivity index (χ4n) is 1.71. The highest BCUT2D eigenvalue weighted by atomic mass is 35.5. The van der Waals surface area contributed by atoms with Crippen LogP contribution in [0.3, 0.4) is 0 Å². The summed E-state index contributed by atoms with van der Waals surface area (Å²) in [5.41, 5.74) is 6.64. The Morgan fingerprint density at radius 3 is 2.11 bits per heavy atom.